The molecule has 1 amide bonds. The topological polar surface area (TPSA) is 51.2 Å². The molecule has 2 aromatic rings. The first kappa shape index (κ1) is 13.5. The normalized spacial score (nSPS) is 10.0. The zero-order valence-corrected chi connectivity index (χ0v) is 11.4. The zero-order chi connectivity index (χ0) is 13.7. The van der Waals surface area contributed by atoms with Crippen molar-refractivity contribution in [1.29, 1.82) is 0 Å². The number of nitrogens with zero attached hydrogens (tertiary/aromatic N) is 1. The first-order chi connectivity index (χ1) is 9.15. The summed E-state index contributed by atoms with van der Waals surface area (Å²) in [5.41, 5.74) is 0.611. The summed E-state index contributed by atoms with van der Waals surface area (Å²) in [4.78, 5) is 15.4. The minimum absolute atomic E-state index is 0.0353. The van der Waals surface area contributed by atoms with Gasteiger partial charge in [-0.25, -0.2) is 4.39 Å². The average molecular weight is 325 g/mol. The molecule has 0 fully saturated rings. The first-order valence-corrected chi connectivity index (χ1v) is 6.22. The summed E-state index contributed by atoms with van der Waals surface area (Å²) in [6, 6.07) is 7.67. The Hall–Kier alpha value is -1.95. The van der Waals surface area contributed by atoms with Crippen LogP contribution in [-0.4, -0.2) is 17.5 Å². The van der Waals surface area contributed by atoms with E-state index in [0.717, 1.165) is 0 Å². The number of aromatic nitrogens is 1. The van der Waals surface area contributed by atoms with Crippen LogP contribution in [0.5, 0.6) is 5.75 Å². The van der Waals surface area contributed by atoms with E-state index in [2.05, 4.69) is 26.2 Å². The third-order valence-corrected chi connectivity index (χ3v) is 2.71. The molecule has 1 heterocycles. The maximum Gasteiger partial charge on any atom is 0.262 e. The Morgan fingerprint density at radius 1 is 1.32 bits per heavy atom. The summed E-state index contributed by atoms with van der Waals surface area (Å²) in [6.07, 6.45) is 3.12. The van der Waals surface area contributed by atoms with Gasteiger partial charge in [-0.2, -0.15) is 0 Å². The largest absolute Gasteiger partial charge is 0.481 e. The SMILES string of the molecule is O=C(COc1ccc(Br)cc1F)Nc1ccncc1. The number of halogens is 2. The van der Waals surface area contributed by atoms with E-state index < -0.39 is 5.82 Å². The highest BCUT2D eigenvalue weighted by Gasteiger charge is 2.07. The molecule has 0 unspecified atom stereocenters. The summed E-state index contributed by atoms with van der Waals surface area (Å²) < 4.78 is 19.1. The lowest BCUT2D eigenvalue weighted by atomic mass is 10.3. The van der Waals surface area contributed by atoms with E-state index in [1.54, 1.807) is 30.6 Å². The van der Waals surface area contributed by atoms with Crippen molar-refractivity contribution in [1.82, 2.24) is 4.98 Å². The lowest BCUT2D eigenvalue weighted by Gasteiger charge is -2.08. The van der Waals surface area contributed by atoms with Crippen LogP contribution in [0.2, 0.25) is 0 Å². The Balaban J connectivity index is 1.90. The highest BCUT2D eigenvalue weighted by atomic mass is 79.9. The van der Waals surface area contributed by atoms with Crippen LogP contribution in [0, 0.1) is 5.82 Å². The Kier molecular flexibility index (Phi) is 4.46. The van der Waals surface area contributed by atoms with Gasteiger partial charge in [0.1, 0.15) is 0 Å². The van der Waals surface area contributed by atoms with Gasteiger partial charge in [0, 0.05) is 22.6 Å². The predicted molar refractivity (Wildman–Crippen MR) is 72.5 cm³/mol. The molecule has 98 valence electrons. The zero-order valence-electron chi connectivity index (χ0n) is 9.77. The molecule has 0 atom stereocenters. The number of anilines is 1. The Bertz CT molecular complexity index is 578. The highest BCUT2D eigenvalue weighted by molar-refractivity contribution is 9.10. The number of carbonyl (C=O) groups is 1. The summed E-state index contributed by atoms with van der Waals surface area (Å²) in [6.45, 7) is -0.263. The molecule has 0 aliphatic rings. The van der Waals surface area contributed by atoms with E-state index in [1.807, 2.05) is 0 Å². The van der Waals surface area contributed by atoms with Gasteiger partial charge in [-0.1, -0.05) is 15.9 Å². The quantitative estimate of drug-likeness (QED) is 0.940. The molecule has 0 aliphatic carbocycles. The van der Waals surface area contributed by atoms with Crippen LogP contribution in [-0.2, 0) is 4.79 Å². The molecule has 1 aromatic carbocycles. The molecule has 0 radical (unpaired) electrons. The van der Waals surface area contributed by atoms with Gasteiger partial charge in [-0.15, -0.1) is 0 Å². The van der Waals surface area contributed by atoms with Crippen molar-refractivity contribution in [3.63, 3.8) is 0 Å². The van der Waals surface area contributed by atoms with Crippen LogP contribution < -0.4 is 10.1 Å². The second kappa shape index (κ2) is 6.29. The fourth-order valence-corrected chi connectivity index (χ4v) is 1.70. The second-order valence-corrected chi connectivity index (χ2v) is 4.56. The van der Waals surface area contributed by atoms with Crippen molar-refractivity contribution in [2.45, 2.75) is 0 Å². The number of hydrogen-bond donors (Lipinski definition) is 1. The van der Waals surface area contributed by atoms with Gasteiger partial charge in [0.2, 0.25) is 0 Å². The van der Waals surface area contributed by atoms with Crippen molar-refractivity contribution in [2.24, 2.45) is 0 Å². The molecular formula is C13H10BrFN2O2. The van der Waals surface area contributed by atoms with E-state index in [9.17, 15) is 9.18 Å². The van der Waals surface area contributed by atoms with Crippen LogP contribution >= 0.6 is 15.9 Å². The molecule has 1 aromatic heterocycles. The smallest absolute Gasteiger partial charge is 0.262 e. The summed E-state index contributed by atoms with van der Waals surface area (Å²) in [5.74, 6) is -0.854. The molecular weight excluding hydrogens is 315 g/mol. The molecule has 19 heavy (non-hydrogen) atoms. The fourth-order valence-electron chi connectivity index (χ4n) is 1.37. The Labute approximate surface area is 117 Å². The van der Waals surface area contributed by atoms with E-state index in [-0.39, 0.29) is 18.3 Å². The number of nitrogens with one attached hydrogen (secondary N) is 1. The molecule has 1 N–H and O–H groups in total. The van der Waals surface area contributed by atoms with E-state index >= 15 is 0 Å². The van der Waals surface area contributed by atoms with Crippen molar-refractivity contribution in [3.05, 3.63) is 53.0 Å². The van der Waals surface area contributed by atoms with Crippen molar-refractivity contribution in [3.8, 4) is 5.75 Å². The standard InChI is InChI=1S/C13H10BrFN2O2/c14-9-1-2-12(11(15)7-9)19-8-13(18)17-10-3-5-16-6-4-10/h1-7H,8H2,(H,16,17,18). The second-order valence-electron chi connectivity index (χ2n) is 3.65. The van der Waals surface area contributed by atoms with Gasteiger partial charge in [0.15, 0.2) is 18.2 Å². The number of ether oxygens (including phenoxy) is 1. The minimum Gasteiger partial charge on any atom is -0.481 e. The minimum atomic E-state index is -0.522. The van der Waals surface area contributed by atoms with Crippen LogP contribution in [0.1, 0.15) is 0 Å². The maximum absolute atomic E-state index is 13.4. The van der Waals surface area contributed by atoms with Crippen molar-refractivity contribution in [2.75, 3.05) is 11.9 Å². The third-order valence-electron chi connectivity index (χ3n) is 2.22. The van der Waals surface area contributed by atoms with Crippen molar-refractivity contribution < 1.29 is 13.9 Å². The van der Waals surface area contributed by atoms with E-state index in [0.29, 0.717) is 10.2 Å². The summed E-state index contributed by atoms with van der Waals surface area (Å²) in [7, 11) is 0. The van der Waals surface area contributed by atoms with Crippen LogP contribution in [0.3, 0.4) is 0 Å². The summed E-state index contributed by atoms with van der Waals surface area (Å²) >= 11 is 3.14. The molecule has 4 nitrogen and oxygen atoms in total. The van der Waals surface area contributed by atoms with Gasteiger partial charge in [-0.05, 0) is 30.3 Å². The van der Waals surface area contributed by atoms with Gasteiger partial charge < -0.3 is 10.1 Å². The van der Waals surface area contributed by atoms with Crippen LogP contribution in [0.4, 0.5) is 10.1 Å². The van der Waals surface area contributed by atoms with Crippen molar-refractivity contribution >= 4 is 27.5 Å². The van der Waals surface area contributed by atoms with Gasteiger partial charge in [-0.3, -0.25) is 9.78 Å². The lowest BCUT2D eigenvalue weighted by Crippen LogP contribution is -2.20. The van der Waals surface area contributed by atoms with Crippen LogP contribution in [0.25, 0.3) is 0 Å². The molecule has 0 aliphatic heterocycles. The highest BCUT2D eigenvalue weighted by Crippen LogP contribution is 2.21. The number of rotatable bonds is 4. The number of hydrogen-bond acceptors (Lipinski definition) is 3. The van der Waals surface area contributed by atoms with Gasteiger partial charge >= 0.3 is 0 Å². The first-order valence-electron chi connectivity index (χ1n) is 5.43. The monoisotopic (exact) mass is 324 g/mol. The predicted octanol–water partition coefficient (Wildman–Crippen LogP) is 3.00. The number of pyridine rings is 1. The average Bonchev–Trinajstić information content (AvgIpc) is 2.39. The third kappa shape index (κ3) is 4.03. The molecule has 2 rings (SSSR count). The van der Waals surface area contributed by atoms with Gasteiger partial charge in [0.05, 0.1) is 0 Å². The fraction of sp³-hybridized carbons (Fsp3) is 0.0769. The maximum atomic E-state index is 13.4. The van der Waals surface area contributed by atoms with E-state index in [4.69, 9.17) is 4.74 Å². The number of amides is 1. The lowest BCUT2D eigenvalue weighted by molar-refractivity contribution is -0.118. The van der Waals surface area contributed by atoms with E-state index in [1.165, 1.54) is 12.1 Å². The molecule has 6 heteroatoms. The molecule has 0 spiro atoms. The molecule has 0 bridgehead atoms. The van der Waals surface area contributed by atoms with Crippen LogP contribution in [0.15, 0.2) is 47.2 Å². The number of benzene rings is 1. The van der Waals surface area contributed by atoms with Gasteiger partial charge in [0.25, 0.3) is 5.91 Å². The number of carbonyl (C=O) groups excluding carboxylic acids is 1. The molecule has 0 saturated heterocycles. The molecule has 0 saturated carbocycles. The Morgan fingerprint density at radius 3 is 2.74 bits per heavy atom. The summed E-state index contributed by atoms with van der Waals surface area (Å²) in [5, 5.41) is 2.61. The Morgan fingerprint density at radius 2 is 2.05 bits per heavy atom.